The first-order valence-corrected chi connectivity index (χ1v) is 5.87. The van der Waals surface area contributed by atoms with Gasteiger partial charge in [0.25, 0.3) is 0 Å². The lowest BCUT2D eigenvalue weighted by atomic mass is 10.3. The van der Waals surface area contributed by atoms with Gasteiger partial charge in [-0.05, 0) is 42.4 Å². The third-order valence-electron chi connectivity index (χ3n) is 2.09. The summed E-state index contributed by atoms with van der Waals surface area (Å²) in [6, 6.07) is 5.46. The summed E-state index contributed by atoms with van der Waals surface area (Å²) in [5.41, 5.74) is 7.61. The fourth-order valence-electron chi connectivity index (χ4n) is 1.16. The van der Waals surface area contributed by atoms with E-state index in [4.69, 9.17) is 17.3 Å². The molecule has 2 N–H and O–H groups in total. The smallest absolute Gasteiger partial charge is 0.125 e. The number of halogens is 1. The fourth-order valence-corrected chi connectivity index (χ4v) is 2.25. The van der Waals surface area contributed by atoms with Crippen LogP contribution in [-0.2, 0) is 0 Å². The number of nitrogens with zero attached hydrogens (tertiary/aromatic N) is 2. The normalized spacial score (nSPS) is 10.4. The van der Waals surface area contributed by atoms with Crippen LogP contribution in [0.4, 0.5) is 5.69 Å². The molecule has 3 nitrogen and oxygen atoms in total. The number of pyridine rings is 2. The maximum atomic E-state index is 6.01. The number of nitrogen functional groups attached to an aromatic ring is 1. The van der Waals surface area contributed by atoms with Crippen LogP contribution in [0.2, 0.25) is 5.02 Å². The van der Waals surface area contributed by atoms with Gasteiger partial charge in [-0.3, -0.25) is 0 Å². The summed E-state index contributed by atoms with van der Waals surface area (Å²) in [7, 11) is 0. The van der Waals surface area contributed by atoms with Crippen LogP contribution in [-0.4, -0.2) is 9.97 Å². The molecule has 0 amide bonds. The Morgan fingerprint density at radius 2 is 1.94 bits per heavy atom. The second-order valence-electron chi connectivity index (χ2n) is 3.24. The van der Waals surface area contributed by atoms with E-state index in [0.717, 1.165) is 10.6 Å². The number of nitrogens with two attached hydrogens (primary N) is 1. The number of aromatic nitrogens is 2. The van der Waals surface area contributed by atoms with Crippen molar-refractivity contribution < 1.29 is 0 Å². The third-order valence-corrected chi connectivity index (χ3v) is 3.54. The van der Waals surface area contributed by atoms with E-state index >= 15 is 0 Å². The molecule has 5 heteroatoms. The summed E-state index contributed by atoms with van der Waals surface area (Å²) in [4.78, 5) is 8.39. The largest absolute Gasteiger partial charge is 0.396 e. The molecule has 0 bridgehead atoms. The molecule has 0 aliphatic rings. The van der Waals surface area contributed by atoms with Crippen molar-refractivity contribution in [2.24, 2.45) is 0 Å². The molecule has 0 aliphatic carbocycles. The van der Waals surface area contributed by atoms with Gasteiger partial charge in [0.05, 0.1) is 10.7 Å². The zero-order valence-corrected chi connectivity index (χ0v) is 10.2. The molecular weight excluding hydrogens is 242 g/mol. The summed E-state index contributed by atoms with van der Waals surface area (Å²) < 4.78 is 0. The number of aryl methyl sites for hydroxylation is 1. The van der Waals surface area contributed by atoms with E-state index in [9.17, 15) is 0 Å². The quantitative estimate of drug-likeness (QED) is 0.891. The lowest BCUT2D eigenvalue weighted by Gasteiger charge is -2.06. The van der Waals surface area contributed by atoms with Crippen molar-refractivity contribution >= 4 is 29.1 Å². The predicted octanol–water partition coefficient (Wildman–Crippen LogP) is 3.17. The van der Waals surface area contributed by atoms with Gasteiger partial charge in [0.1, 0.15) is 10.1 Å². The molecule has 0 unspecified atom stereocenters. The molecule has 0 spiro atoms. The van der Waals surface area contributed by atoms with E-state index in [1.54, 1.807) is 24.5 Å². The molecule has 0 saturated carbocycles. The van der Waals surface area contributed by atoms with Crippen molar-refractivity contribution in [1.29, 1.82) is 0 Å². The minimum Gasteiger partial charge on any atom is -0.396 e. The Hall–Kier alpha value is -1.26. The first kappa shape index (κ1) is 11.2. The number of hydrogen-bond acceptors (Lipinski definition) is 4. The Balaban J connectivity index is 2.35. The molecule has 2 rings (SSSR count). The van der Waals surface area contributed by atoms with Crippen molar-refractivity contribution in [1.82, 2.24) is 9.97 Å². The fraction of sp³-hybridized carbons (Fsp3) is 0.0909. The minimum absolute atomic E-state index is 0.607. The Labute approximate surface area is 103 Å². The molecular formula is C11H10ClN3S. The second-order valence-corrected chi connectivity index (χ2v) is 4.62. The van der Waals surface area contributed by atoms with Crippen molar-refractivity contribution in [3.8, 4) is 0 Å². The highest BCUT2D eigenvalue weighted by molar-refractivity contribution is 7.99. The maximum absolute atomic E-state index is 6.01. The molecule has 2 aromatic heterocycles. The molecule has 16 heavy (non-hydrogen) atoms. The van der Waals surface area contributed by atoms with Gasteiger partial charge in [-0.15, -0.1) is 0 Å². The maximum Gasteiger partial charge on any atom is 0.125 e. The first-order chi connectivity index (χ1) is 7.68. The molecule has 0 atom stereocenters. The van der Waals surface area contributed by atoms with Crippen LogP contribution in [0.5, 0.6) is 0 Å². The monoisotopic (exact) mass is 251 g/mol. The first-order valence-electron chi connectivity index (χ1n) is 4.68. The lowest BCUT2D eigenvalue weighted by Crippen LogP contribution is -1.95. The summed E-state index contributed by atoms with van der Waals surface area (Å²) in [5.74, 6) is 0. The molecule has 2 aromatic rings. The highest BCUT2D eigenvalue weighted by atomic mass is 35.5. The summed E-state index contributed by atoms with van der Waals surface area (Å²) in [6.45, 7) is 1.95. The van der Waals surface area contributed by atoms with E-state index in [0.29, 0.717) is 15.7 Å². The Morgan fingerprint density at radius 3 is 2.69 bits per heavy atom. The van der Waals surface area contributed by atoms with Gasteiger partial charge in [0.15, 0.2) is 0 Å². The van der Waals surface area contributed by atoms with Gasteiger partial charge in [-0.25, -0.2) is 9.97 Å². The molecule has 2 heterocycles. The lowest BCUT2D eigenvalue weighted by molar-refractivity contribution is 1.09. The van der Waals surface area contributed by atoms with Crippen molar-refractivity contribution in [2.75, 3.05) is 5.73 Å². The Morgan fingerprint density at radius 1 is 1.19 bits per heavy atom. The number of hydrogen-bond donors (Lipinski definition) is 1. The Bertz CT molecular complexity index is 516. The van der Waals surface area contributed by atoms with E-state index in [1.165, 1.54) is 11.8 Å². The highest BCUT2D eigenvalue weighted by Crippen LogP contribution is 2.33. The molecule has 0 fully saturated rings. The van der Waals surface area contributed by atoms with Crippen LogP contribution in [0.15, 0.2) is 40.6 Å². The highest BCUT2D eigenvalue weighted by Gasteiger charge is 2.08. The molecule has 82 valence electrons. The zero-order chi connectivity index (χ0) is 11.5. The topological polar surface area (TPSA) is 51.8 Å². The average molecular weight is 252 g/mol. The molecule has 0 saturated heterocycles. The number of rotatable bonds is 2. The van der Waals surface area contributed by atoms with E-state index in [1.807, 2.05) is 13.0 Å². The van der Waals surface area contributed by atoms with Gasteiger partial charge in [0, 0.05) is 12.4 Å². The van der Waals surface area contributed by atoms with Gasteiger partial charge in [-0.1, -0.05) is 11.6 Å². The van der Waals surface area contributed by atoms with Crippen molar-refractivity contribution in [2.45, 2.75) is 17.0 Å². The van der Waals surface area contributed by atoms with E-state index in [-0.39, 0.29) is 0 Å². The van der Waals surface area contributed by atoms with Gasteiger partial charge in [-0.2, -0.15) is 0 Å². The van der Waals surface area contributed by atoms with Crippen LogP contribution < -0.4 is 5.73 Å². The Kier molecular flexibility index (Phi) is 3.31. The summed E-state index contributed by atoms with van der Waals surface area (Å²) in [5, 5.41) is 2.06. The summed E-state index contributed by atoms with van der Waals surface area (Å²) in [6.07, 6.45) is 3.42. The van der Waals surface area contributed by atoms with Crippen LogP contribution in [0.25, 0.3) is 0 Å². The van der Waals surface area contributed by atoms with Crippen LogP contribution in [0.1, 0.15) is 5.56 Å². The third kappa shape index (κ3) is 2.28. The molecule has 0 radical (unpaired) electrons. The average Bonchev–Trinajstić information content (AvgIpc) is 2.28. The van der Waals surface area contributed by atoms with E-state index < -0.39 is 0 Å². The molecule has 0 aromatic carbocycles. The van der Waals surface area contributed by atoms with Crippen LogP contribution in [0, 0.1) is 6.92 Å². The second kappa shape index (κ2) is 4.72. The van der Waals surface area contributed by atoms with Crippen LogP contribution >= 0.6 is 23.4 Å². The van der Waals surface area contributed by atoms with Gasteiger partial charge in [0.2, 0.25) is 0 Å². The van der Waals surface area contributed by atoms with Crippen molar-refractivity contribution in [3.63, 3.8) is 0 Å². The SMILES string of the molecule is Cc1ccnc(Sc2ncccc2Cl)c1N. The van der Waals surface area contributed by atoms with Gasteiger partial charge >= 0.3 is 0 Å². The summed E-state index contributed by atoms with van der Waals surface area (Å²) >= 11 is 7.39. The minimum atomic E-state index is 0.607. The van der Waals surface area contributed by atoms with Crippen LogP contribution in [0.3, 0.4) is 0 Å². The van der Waals surface area contributed by atoms with Gasteiger partial charge < -0.3 is 5.73 Å². The van der Waals surface area contributed by atoms with Crippen molar-refractivity contribution in [3.05, 3.63) is 41.2 Å². The molecule has 0 aliphatic heterocycles. The van der Waals surface area contributed by atoms with E-state index in [2.05, 4.69) is 9.97 Å². The standard InChI is InChI=1S/C11H10ClN3S/c1-7-4-6-15-11(9(7)13)16-10-8(12)3-2-5-14-10/h2-6H,13H2,1H3. The predicted molar refractivity (Wildman–Crippen MR) is 66.8 cm³/mol. The zero-order valence-electron chi connectivity index (χ0n) is 8.64. The number of anilines is 1.